The number of furan rings is 1. The summed E-state index contributed by atoms with van der Waals surface area (Å²) in [5.74, 6) is 0.297. The molecule has 0 fully saturated rings. The number of hydrogen-bond acceptors (Lipinski definition) is 2. The quantitative estimate of drug-likeness (QED) is 0.182. The zero-order valence-corrected chi connectivity index (χ0v) is 29.2. The molecule has 3 heteroatoms. The Morgan fingerprint density at radius 3 is 2.08 bits per heavy atom. The third-order valence-electron chi connectivity index (χ3n) is 11.4. The van der Waals surface area contributed by atoms with Crippen LogP contribution in [-0.2, 0) is 0 Å². The molecule has 0 radical (unpaired) electrons. The predicted octanol–water partition coefficient (Wildman–Crippen LogP) is 13.4. The molecule has 3 heterocycles. The summed E-state index contributed by atoms with van der Waals surface area (Å²) in [6.45, 7) is 2.34. The van der Waals surface area contributed by atoms with E-state index in [0.29, 0.717) is 0 Å². The molecule has 11 rings (SSSR count). The monoisotopic (exact) mass is 678 g/mol. The van der Waals surface area contributed by atoms with E-state index in [1.807, 2.05) is 0 Å². The molecule has 1 aliphatic rings. The van der Waals surface area contributed by atoms with Gasteiger partial charge in [-0.15, -0.1) is 0 Å². The Labute approximate surface area is 307 Å². The van der Waals surface area contributed by atoms with Gasteiger partial charge in [-0.3, -0.25) is 4.99 Å². The van der Waals surface area contributed by atoms with E-state index in [-0.39, 0.29) is 11.8 Å². The van der Waals surface area contributed by atoms with Gasteiger partial charge in [-0.05, 0) is 76.2 Å². The van der Waals surface area contributed by atoms with E-state index in [1.54, 1.807) is 0 Å². The number of aliphatic imine (C=N–C) groups is 1. The number of benzene rings is 8. The van der Waals surface area contributed by atoms with Gasteiger partial charge in [0.05, 0.1) is 22.4 Å². The molecule has 0 saturated heterocycles. The van der Waals surface area contributed by atoms with Crippen molar-refractivity contribution in [1.29, 1.82) is 0 Å². The molecule has 10 aromatic rings. The maximum Gasteiger partial charge on any atom is 0.136 e. The van der Waals surface area contributed by atoms with Crippen molar-refractivity contribution < 1.29 is 4.42 Å². The number of para-hydroxylation sites is 2. The van der Waals surface area contributed by atoms with Crippen LogP contribution in [0, 0.1) is 5.92 Å². The maximum absolute atomic E-state index is 6.58. The van der Waals surface area contributed by atoms with Crippen molar-refractivity contribution in [3.05, 3.63) is 193 Å². The van der Waals surface area contributed by atoms with E-state index in [4.69, 9.17) is 9.41 Å². The minimum absolute atomic E-state index is 0.133. The average molecular weight is 679 g/mol. The van der Waals surface area contributed by atoms with Crippen LogP contribution in [0.5, 0.6) is 0 Å². The summed E-state index contributed by atoms with van der Waals surface area (Å²) in [6, 6.07) is 63.4. The Hall–Kier alpha value is -6.71. The highest BCUT2D eigenvalue weighted by Crippen LogP contribution is 2.48. The van der Waals surface area contributed by atoms with Gasteiger partial charge in [0.25, 0.3) is 0 Å². The van der Waals surface area contributed by atoms with Crippen LogP contribution in [0.4, 0.5) is 5.69 Å². The van der Waals surface area contributed by atoms with Crippen molar-refractivity contribution in [2.24, 2.45) is 10.9 Å². The number of aromatic nitrogens is 1. The van der Waals surface area contributed by atoms with Crippen molar-refractivity contribution in [3.8, 4) is 16.8 Å². The van der Waals surface area contributed by atoms with E-state index in [0.717, 1.165) is 50.2 Å². The van der Waals surface area contributed by atoms with Crippen LogP contribution in [0.25, 0.3) is 71.3 Å². The molecular formula is C50H34N2O. The van der Waals surface area contributed by atoms with Crippen LogP contribution in [-0.4, -0.2) is 10.3 Å². The molecule has 0 saturated carbocycles. The van der Waals surface area contributed by atoms with E-state index < -0.39 is 0 Å². The number of hydrogen-bond donors (Lipinski definition) is 0. The summed E-state index contributed by atoms with van der Waals surface area (Å²) in [6.07, 6.45) is 0. The first-order valence-electron chi connectivity index (χ1n) is 18.4. The lowest BCUT2D eigenvalue weighted by molar-refractivity contribution is 0.651. The molecule has 0 aliphatic carbocycles. The second kappa shape index (κ2) is 11.7. The number of nitrogens with zero attached hydrogens (tertiary/aromatic N) is 2. The highest BCUT2D eigenvalue weighted by atomic mass is 16.3. The molecule has 0 bridgehead atoms. The van der Waals surface area contributed by atoms with E-state index >= 15 is 0 Å². The average Bonchev–Trinajstić information content (AvgIpc) is 3.76. The molecular weight excluding hydrogens is 645 g/mol. The first-order chi connectivity index (χ1) is 26.2. The van der Waals surface area contributed by atoms with E-state index in [1.165, 1.54) is 49.3 Å². The highest BCUT2D eigenvalue weighted by Gasteiger charge is 2.34. The molecule has 0 amide bonds. The van der Waals surface area contributed by atoms with Gasteiger partial charge in [0.15, 0.2) is 0 Å². The summed E-state index contributed by atoms with van der Waals surface area (Å²) in [4.78, 5) is 5.58. The van der Waals surface area contributed by atoms with E-state index in [2.05, 4.69) is 187 Å². The molecule has 0 unspecified atom stereocenters. The Bertz CT molecular complexity index is 3080. The molecule has 250 valence electrons. The lowest BCUT2D eigenvalue weighted by Crippen LogP contribution is -2.25. The minimum Gasteiger partial charge on any atom is -0.456 e. The van der Waals surface area contributed by atoms with Crippen molar-refractivity contribution in [3.63, 3.8) is 0 Å². The van der Waals surface area contributed by atoms with Crippen LogP contribution in [0.3, 0.4) is 0 Å². The van der Waals surface area contributed by atoms with Crippen molar-refractivity contribution in [1.82, 2.24) is 4.57 Å². The van der Waals surface area contributed by atoms with Crippen LogP contribution >= 0.6 is 0 Å². The molecule has 53 heavy (non-hydrogen) atoms. The van der Waals surface area contributed by atoms with Crippen LogP contribution in [0.15, 0.2) is 185 Å². The van der Waals surface area contributed by atoms with Gasteiger partial charge in [-0.2, -0.15) is 0 Å². The summed E-state index contributed by atoms with van der Waals surface area (Å²) >= 11 is 0. The highest BCUT2D eigenvalue weighted by molar-refractivity contribution is 6.21. The summed E-state index contributed by atoms with van der Waals surface area (Å²) in [5.41, 5.74) is 13.5. The van der Waals surface area contributed by atoms with Crippen LogP contribution < -0.4 is 0 Å². The van der Waals surface area contributed by atoms with Crippen molar-refractivity contribution in [2.45, 2.75) is 12.8 Å². The molecule has 3 nitrogen and oxygen atoms in total. The number of rotatable bonds is 4. The molecule has 2 atom stereocenters. The first kappa shape index (κ1) is 30.0. The second-order valence-corrected chi connectivity index (χ2v) is 14.3. The summed E-state index contributed by atoms with van der Waals surface area (Å²) in [7, 11) is 0. The minimum atomic E-state index is 0.133. The fraction of sp³-hybridized carbons (Fsp3) is 0.0600. The third-order valence-corrected chi connectivity index (χ3v) is 11.4. The summed E-state index contributed by atoms with van der Waals surface area (Å²) in [5, 5.41) is 7.10. The van der Waals surface area contributed by atoms with Gasteiger partial charge < -0.3 is 8.98 Å². The van der Waals surface area contributed by atoms with Gasteiger partial charge in [0.1, 0.15) is 11.2 Å². The Kier molecular flexibility index (Phi) is 6.59. The SMILES string of the molecule is C[C@@H]1C(c2cccc3oc4ccc(-c5ccc6c(c5)c5ccccc5n6-c5ccccc5)cc4c23)=Nc2c(ccc3ccccc23)[C@@H]1c1ccccc1. The Balaban J connectivity index is 1.11. The van der Waals surface area contributed by atoms with Crippen molar-refractivity contribution >= 4 is 65.9 Å². The number of fused-ring (bicyclic) bond motifs is 9. The zero-order chi connectivity index (χ0) is 35.0. The molecule has 0 N–H and O–H groups in total. The molecule has 2 aromatic heterocycles. The lowest BCUT2D eigenvalue weighted by atomic mass is 9.74. The molecule has 1 aliphatic heterocycles. The van der Waals surface area contributed by atoms with Gasteiger partial charge in [0.2, 0.25) is 0 Å². The predicted molar refractivity (Wildman–Crippen MR) is 221 cm³/mol. The smallest absolute Gasteiger partial charge is 0.136 e. The van der Waals surface area contributed by atoms with Crippen molar-refractivity contribution in [2.75, 3.05) is 0 Å². The second-order valence-electron chi connectivity index (χ2n) is 14.3. The maximum atomic E-state index is 6.58. The Morgan fingerprint density at radius 1 is 0.528 bits per heavy atom. The topological polar surface area (TPSA) is 30.4 Å². The first-order valence-corrected chi connectivity index (χ1v) is 18.4. The van der Waals surface area contributed by atoms with Gasteiger partial charge in [0, 0.05) is 50.0 Å². The normalized spacial score (nSPS) is 15.8. The fourth-order valence-electron chi connectivity index (χ4n) is 8.96. The van der Waals surface area contributed by atoms with Gasteiger partial charge in [-0.25, -0.2) is 0 Å². The fourth-order valence-corrected chi connectivity index (χ4v) is 8.96. The van der Waals surface area contributed by atoms with Crippen LogP contribution in [0.1, 0.15) is 29.5 Å². The van der Waals surface area contributed by atoms with E-state index in [9.17, 15) is 0 Å². The molecule has 8 aromatic carbocycles. The van der Waals surface area contributed by atoms with Gasteiger partial charge >= 0.3 is 0 Å². The Morgan fingerprint density at radius 2 is 1.23 bits per heavy atom. The largest absolute Gasteiger partial charge is 0.456 e. The van der Waals surface area contributed by atoms with Crippen LogP contribution in [0.2, 0.25) is 0 Å². The van der Waals surface area contributed by atoms with Gasteiger partial charge in [-0.1, -0.05) is 134 Å². The third kappa shape index (κ3) is 4.57. The summed E-state index contributed by atoms with van der Waals surface area (Å²) < 4.78 is 8.95. The molecule has 0 spiro atoms. The standard InChI is InChI=1S/C50H34N2O/c1-31-47(33-14-4-2-5-15-33)40-26-23-32-13-8-9-18-37(32)50(40)51-49(31)39-20-12-22-46-48(39)42-30-35(25-28-45(42)53-46)34-24-27-44-41(29-34)38-19-10-11-21-43(38)52(44)36-16-6-3-7-17-36/h2-31,47H,1H3/t31-,47-/m0/s1. The lowest BCUT2D eigenvalue weighted by Gasteiger charge is -2.32. The zero-order valence-electron chi connectivity index (χ0n) is 29.2.